The molecule has 5 N–H and O–H groups in total. The lowest BCUT2D eigenvalue weighted by Crippen LogP contribution is -2.18. The summed E-state index contributed by atoms with van der Waals surface area (Å²) in [4.78, 5) is 20.6. The van der Waals surface area contributed by atoms with Crippen molar-refractivity contribution in [2.75, 3.05) is 31.6 Å². The standard InChI is InChI=1S/C31H32F3N7O3/c32-31(33,34)44-24-13-20(12-22-17-39-40-18-22)11-21(14-24)16-36-6-1-2-9-43-10-8-38-30-26-5-7-37-19-27(26)25-4-3-23(29(35)42)15-28(25)41-30/h3-5,7,11,13-15,17-19,36H,1-2,6,8-10,12,16H2,(H2,35,42)(H,38,41)(H,39,40). The van der Waals surface area contributed by atoms with E-state index in [-0.39, 0.29) is 5.75 Å². The number of benzene rings is 2. The summed E-state index contributed by atoms with van der Waals surface area (Å²) in [7, 11) is 0. The third-order valence-electron chi connectivity index (χ3n) is 6.86. The van der Waals surface area contributed by atoms with Crippen LogP contribution in [0.15, 0.2) is 67.3 Å². The van der Waals surface area contributed by atoms with Crippen molar-refractivity contribution in [2.45, 2.75) is 32.2 Å². The summed E-state index contributed by atoms with van der Waals surface area (Å²) in [5, 5.41) is 15.9. The van der Waals surface area contributed by atoms with E-state index in [1.54, 1.807) is 36.9 Å². The van der Waals surface area contributed by atoms with E-state index in [1.165, 1.54) is 12.1 Å². The monoisotopic (exact) mass is 607 g/mol. The van der Waals surface area contributed by atoms with Gasteiger partial charge in [0.15, 0.2) is 0 Å². The molecule has 0 bridgehead atoms. The number of alkyl halides is 3. The highest BCUT2D eigenvalue weighted by Crippen LogP contribution is 2.29. The second-order valence-electron chi connectivity index (χ2n) is 10.2. The van der Waals surface area contributed by atoms with E-state index in [1.807, 2.05) is 18.2 Å². The molecule has 0 fully saturated rings. The molecule has 10 nitrogen and oxygen atoms in total. The molecule has 1 amide bonds. The van der Waals surface area contributed by atoms with Crippen LogP contribution in [0, 0.1) is 0 Å². The molecule has 0 aliphatic carbocycles. The number of halogens is 3. The number of hydrogen-bond acceptors (Lipinski definition) is 8. The zero-order chi connectivity index (χ0) is 30.9. The first-order chi connectivity index (χ1) is 21.2. The molecule has 0 aliphatic heterocycles. The zero-order valence-corrected chi connectivity index (χ0v) is 23.8. The summed E-state index contributed by atoms with van der Waals surface area (Å²) < 4.78 is 48.5. The van der Waals surface area contributed by atoms with Gasteiger partial charge in [0.25, 0.3) is 0 Å². The minimum absolute atomic E-state index is 0.240. The van der Waals surface area contributed by atoms with Gasteiger partial charge in [0.2, 0.25) is 5.91 Å². The maximum Gasteiger partial charge on any atom is 0.573 e. The van der Waals surface area contributed by atoms with Crippen LogP contribution >= 0.6 is 0 Å². The topological polar surface area (TPSA) is 140 Å². The highest BCUT2D eigenvalue weighted by Gasteiger charge is 2.31. The SMILES string of the molecule is NC(=O)c1ccc2c(c1)nc(NCCOCCCCNCc1cc(Cc3cn[nH]c3)cc(OC(F)(F)F)c1)c1ccncc12. The Balaban J connectivity index is 1.05. The lowest BCUT2D eigenvalue weighted by Gasteiger charge is -2.13. The van der Waals surface area contributed by atoms with E-state index >= 15 is 0 Å². The minimum Gasteiger partial charge on any atom is -0.406 e. The van der Waals surface area contributed by atoms with Crippen LogP contribution in [-0.4, -0.2) is 58.7 Å². The largest absolute Gasteiger partial charge is 0.573 e. The van der Waals surface area contributed by atoms with Crippen molar-refractivity contribution in [1.29, 1.82) is 0 Å². The van der Waals surface area contributed by atoms with Crippen LogP contribution in [0.5, 0.6) is 5.75 Å². The number of nitrogens with one attached hydrogen (secondary N) is 3. The first kappa shape index (κ1) is 30.7. The first-order valence-corrected chi connectivity index (χ1v) is 14.1. The number of aromatic amines is 1. The van der Waals surface area contributed by atoms with Gasteiger partial charge in [0, 0.05) is 66.4 Å². The fourth-order valence-electron chi connectivity index (χ4n) is 4.90. The average molecular weight is 608 g/mol. The number of unbranched alkanes of at least 4 members (excludes halogenated alkanes) is 1. The number of carbonyl (C=O) groups excluding carboxylic acids is 1. The number of rotatable bonds is 15. The summed E-state index contributed by atoms with van der Waals surface area (Å²) in [5.74, 6) is -0.0865. The quantitative estimate of drug-likeness (QED) is 0.0953. The Morgan fingerprint density at radius 1 is 0.932 bits per heavy atom. The molecule has 0 atom stereocenters. The van der Waals surface area contributed by atoms with Crippen LogP contribution < -0.4 is 21.1 Å². The zero-order valence-electron chi connectivity index (χ0n) is 23.8. The van der Waals surface area contributed by atoms with Gasteiger partial charge in [0.05, 0.1) is 18.3 Å². The van der Waals surface area contributed by atoms with Gasteiger partial charge in [-0.3, -0.25) is 14.9 Å². The summed E-state index contributed by atoms with van der Waals surface area (Å²) in [6, 6.07) is 11.7. The third kappa shape index (κ3) is 8.42. The molecular formula is C31H32F3N7O3. The maximum absolute atomic E-state index is 12.8. The van der Waals surface area contributed by atoms with Gasteiger partial charge in [-0.15, -0.1) is 13.2 Å². The molecule has 3 heterocycles. The number of anilines is 1. The van der Waals surface area contributed by atoms with Gasteiger partial charge in [-0.05, 0) is 66.4 Å². The second-order valence-corrected chi connectivity index (χ2v) is 10.2. The van der Waals surface area contributed by atoms with Gasteiger partial charge >= 0.3 is 6.36 Å². The number of fused-ring (bicyclic) bond motifs is 3. The molecule has 3 aromatic heterocycles. The minimum atomic E-state index is -4.76. The first-order valence-electron chi connectivity index (χ1n) is 14.1. The molecule has 5 rings (SSSR count). The normalized spacial score (nSPS) is 11.7. The number of carbonyl (C=O) groups is 1. The summed E-state index contributed by atoms with van der Waals surface area (Å²) >= 11 is 0. The van der Waals surface area contributed by atoms with Gasteiger partial charge in [-0.25, -0.2) is 4.98 Å². The molecule has 0 radical (unpaired) electrons. The number of nitrogens with two attached hydrogens (primary N) is 1. The lowest BCUT2D eigenvalue weighted by atomic mass is 10.0. The van der Waals surface area contributed by atoms with Crippen molar-refractivity contribution in [2.24, 2.45) is 5.73 Å². The van der Waals surface area contributed by atoms with Gasteiger partial charge in [-0.2, -0.15) is 5.10 Å². The van der Waals surface area contributed by atoms with Crippen molar-refractivity contribution in [3.05, 3.63) is 89.5 Å². The maximum atomic E-state index is 12.8. The highest BCUT2D eigenvalue weighted by atomic mass is 19.4. The number of aromatic nitrogens is 4. The Hall–Kier alpha value is -4.75. The summed E-state index contributed by atoms with van der Waals surface area (Å²) in [5.41, 5.74) is 8.73. The molecule has 13 heteroatoms. The molecule has 0 saturated heterocycles. The molecule has 0 saturated carbocycles. The van der Waals surface area contributed by atoms with Crippen molar-refractivity contribution >= 4 is 33.4 Å². The Morgan fingerprint density at radius 3 is 2.59 bits per heavy atom. The predicted molar refractivity (Wildman–Crippen MR) is 160 cm³/mol. The van der Waals surface area contributed by atoms with Crippen LogP contribution in [0.1, 0.15) is 39.9 Å². The number of hydrogen-bond donors (Lipinski definition) is 4. The van der Waals surface area contributed by atoms with Gasteiger partial charge < -0.3 is 25.8 Å². The van der Waals surface area contributed by atoms with E-state index in [0.717, 1.165) is 34.6 Å². The smallest absolute Gasteiger partial charge is 0.406 e. The van der Waals surface area contributed by atoms with Crippen molar-refractivity contribution in [1.82, 2.24) is 25.5 Å². The number of amides is 1. The number of primary amides is 1. The molecule has 230 valence electrons. The van der Waals surface area contributed by atoms with Gasteiger partial charge in [-0.1, -0.05) is 12.1 Å². The Kier molecular flexibility index (Phi) is 9.87. The number of nitrogens with zero attached hydrogens (tertiary/aromatic N) is 3. The third-order valence-corrected chi connectivity index (χ3v) is 6.86. The van der Waals surface area contributed by atoms with Crippen molar-refractivity contribution < 1.29 is 27.4 Å². The van der Waals surface area contributed by atoms with E-state index in [2.05, 4.69) is 30.6 Å². The van der Waals surface area contributed by atoms with E-state index in [4.69, 9.17) is 15.5 Å². The Morgan fingerprint density at radius 2 is 1.80 bits per heavy atom. The van der Waals surface area contributed by atoms with Crippen LogP contribution in [-0.2, 0) is 17.7 Å². The molecule has 0 spiro atoms. The molecule has 0 unspecified atom stereocenters. The Labute approximate surface area is 251 Å². The van der Waals surface area contributed by atoms with E-state index in [0.29, 0.717) is 67.3 Å². The molecular weight excluding hydrogens is 575 g/mol. The molecule has 5 aromatic rings. The van der Waals surface area contributed by atoms with Crippen molar-refractivity contribution in [3.8, 4) is 5.75 Å². The number of ether oxygens (including phenoxy) is 2. The Bertz CT molecular complexity index is 1710. The van der Waals surface area contributed by atoms with Crippen LogP contribution in [0.2, 0.25) is 0 Å². The highest BCUT2D eigenvalue weighted by molar-refractivity contribution is 6.11. The molecule has 2 aromatic carbocycles. The lowest BCUT2D eigenvalue weighted by molar-refractivity contribution is -0.274. The van der Waals surface area contributed by atoms with E-state index in [9.17, 15) is 18.0 Å². The predicted octanol–water partition coefficient (Wildman–Crippen LogP) is 5.09. The van der Waals surface area contributed by atoms with E-state index < -0.39 is 12.3 Å². The van der Waals surface area contributed by atoms with Crippen LogP contribution in [0.3, 0.4) is 0 Å². The number of pyridine rings is 2. The van der Waals surface area contributed by atoms with Crippen LogP contribution in [0.25, 0.3) is 21.7 Å². The second kappa shape index (κ2) is 14.1. The van der Waals surface area contributed by atoms with Crippen LogP contribution in [0.4, 0.5) is 19.0 Å². The fraction of sp³-hybridized carbons (Fsp3) is 0.290. The molecule has 0 aliphatic rings. The average Bonchev–Trinajstić information content (AvgIpc) is 3.49. The molecule has 44 heavy (non-hydrogen) atoms. The fourth-order valence-corrected chi connectivity index (χ4v) is 4.90. The summed E-state index contributed by atoms with van der Waals surface area (Å²) in [6.07, 6.45) is 4.13. The summed E-state index contributed by atoms with van der Waals surface area (Å²) in [6.45, 7) is 2.64. The number of H-pyrrole nitrogens is 1. The van der Waals surface area contributed by atoms with Gasteiger partial charge in [0.1, 0.15) is 11.6 Å². The van der Waals surface area contributed by atoms with Crippen molar-refractivity contribution in [3.63, 3.8) is 0 Å².